The number of furan rings is 1. The van der Waals surface area contributed by atoms with E-state index in [0.29, 0.717) is 48.3 Å². The Labute approximate surface area is 496 Å². The van der Waals surface area contributed by atoms with Gasteiger partial charge in [0.25, 0.3) is 0 Å². The Morgan fingerprint density at radius 2 is 1.70 bits per heavy atom. The highest BCUT2D eigenvalue weighted by molar-refractivity contribution is 5.94. The highest BCUT2D eigenvalue weighted by Crippen LogP contribution is 2.90. The number of carbonyl (C=O) groups excluding carboxylic acids is 3. The van der Waals surface area contributed by atoms with Gasteiger partial charge in [-0.15, -0.1) is 0 Å². The first-order valence-corrected chi connectivity index (χ1v) is 33.9. The van der Waals surface area contributed by atoms with E-state index in [0.717, 1.165) is 109 Å². The molecule has 15 aliphatic rings. The molecule has 13 nitrogen and oxygen atoms in total. The molecule has 1 aromatic heterocycles. The molecule has 8 saturated carbocycles. The van der Waals surface area contributed by atoms with E-state index in [4.69, 9.17) is 23.4 Å². The highest BCUT2D eigenvalue weighted by atomic mass is 16.7. The summed E-state index contributed by atoms with van der Waals surface area (Å²) in [7, 11) is 0. The van der Waals surface area contributed by atoms with E-state index in [-0.39, 0.29) is 66.4 Å². The average molecular weight is 1150 g/mol. The normalized spacial score (nSPS) is 50.1. The first kappa shape index (κ1) is 54.3. The van der Waals surface area contributed by atoms with Crippen LogP contribution in [0.3, 0.4) is 0 Å². The van der Waals surface area contributed by atoms with Gasteiger partial charge in [0.15, 0.2) is 11.9 Å². The van der Waals surface area contributed by atoms with Gasteiger partial charge in [0.2, 0.25) is 0 Å². The Hall–Kier alpha value is -3.85. The van der Waals surface area contributed by atoms with Crippen LogP contribution in [0.5, 0.6) is 0 Å². The number of allylic oxidation sites excluding steroid dienone is 1. The number of carbonyl (C=O) groups is 3. The van der Waals surface area contributed by atoms with E-state index in [2.05, 4.69) is 79.7 Å². The molecule has 13 fully saturated rings. The summed E-state index contributed by atoms with van der Waals surface area (Å²) < 4.78 is 36.6. The van der Waals surface area contributed by atoms with Gasteiger partial charge in [-0.2, -0.15) is 0 Å². The van der Waals surface area contributed by atoms with E-state index in [1.54, 1.807) is 6.26 Å². The maximum Gasteiger partial charge on any atom is 0.339 e. The summed E-state index contributed by atoms with van der Waals surface area (Å²) in [6, 6.07) is 13.2. The second-order valence-electron chi connectivity index (χ2n) is 31.6. The van der Waals surface area contributed by atoms with Gasteiger partial charge in [0.05, 0.1) is 48.5 Å². The molecule has 17 rings (SSSR count). The number of hydrogen-bond acceptors (Lipinski definition) is 13. The number of ether oxygens (including phenoxy) is 4. The summed E-state index contributed by atoms with van der Waals surface area (Å²) in [4.78, 5) is 51.1. The van der Waals surface area contributed by atoms with Gasteiger partial charge in [-0.05, 0) is 178 Å². The molecular weight excluding hydrogens is 1060 g/mol. The predicted octanol–water partition coefficient (Wildman–Crippen LogP) is 10.00. The molecule has 25 atom stereocenters. The summed E-state index contributed by atoms with van der Waals surface area (Å²) >= 11 is 0. The van der Waals surface area contributed by atoms with Crippen LogP contribution in [0.1, 0.15) is 166 Å². The van der Waals surface area contributed by atoms with Gasteiger partial charge in [0.1, 0.15) is 35.8 Å². The number of ketones is 1. The number of cyclic esters (lactones) is 2. The number of Topliss-reactive ketones (excluding diaryl/α,β-unsaturated/α-hetero) is 1. The second kappa shape index (κ2) is 18.8. The van der Waals surface area contributed by atoms with E-state index >= 15 is 14.4 Å². The van der Waals surface area contributed by atoms with Crippen LogP contribution < -0.4 is 5.32 Å². The molecule has 84 heavy (non-hydrogen) atoms. The third-order valence-corrected chi connectivity index (χ3v) is 28.7. The fourth-order valence-corrected chi connectivity index (χ4v) is 26.0. The third kappa shape index (κ3) is 6.72. The summed E-state index contributed by atoms with van der Waals surface area (Å²) in [5.74, 6) is -0.244. The number of aliphatic hydroxyl groups is 3. The molecule has 8 heterocycles. The molecule has 452 valence electrons. The van der Waals surface area contributed by atoms with Crippen molar-refractivity contribution < 1.29 is 53.1 Å². The van der Waals surface area contributed by atoms with Crippen LogP contribution in [0.2, 0.25) is 0 Å². The Morgan fingerprint density at radius 1 is 0.869 bits per heavy atom. The Bertz CT molecular complexity index is 3060. The fraction of sp³-hybridized carbons (Fsp3) is 0.761. The van der Waals surface area contributed by atoms with Crippen LogP contribution in [-0.4, -0.2) is 106 Å². The van der Waals surface area contributed by atoms with Crippen molar-refractivity contribution in [3.8, 4) is 0 Å². The molecule has 0 amide bonds. The minimum atomic E-state index is -1.50. The molecular formula is C71H92N2O11. The van der Waals surface area contributed by atoms with Crippen molar-refractivity contribution in [2.24, 2.45) is 105 Å². The fourth-order valence-electron chi connectivity index (χ4n) is 26.0. The largest absolute Gasteiger partial charge is 0.469 e. The summed E-state index contributed by atoms with van der Waals surface area (Å²) in [5.41, 5.74) is -4.03. The minimum Gasteiger partial charge on any atom is -0.469 e. The lowest BCUT2D eigenvalue weighted by Crippen LogP contribution is -2.82. The number of hydrogen-bond donors (Lipinski definition) is 4. The lowest BCUT2D eigenvalue weighted by atomic mass is 9.29. The number of rotatable bonds is 12. The van der Waals surface area contributed by atoms with E-state index in [9.17, 15) is 15.3 Å². The van der Waals surface area contributed by atoms with Crippen LogP contribution >= 0.6 is 0 Å². The Morgan fingerprint density at radius 3 is 2.54 bits per heavy atom. The van der Waals surface area contributed by atoms with Gasteiger partial charge in [-0.25, -0.2) is 4.79 Å². The molecule has 1 aromatic carbocycles. The zero-order valence-electron chi connectivity index (χ0n) is 50.0. The topological polar surface area (TPSA) is 181 Å². The SMILES string of the molecule is CC(CC1C=C2CC3CCCC34CC3CC5(C)C(c6ccoc6CC(C(O)CO)C6CCC7C(C=CN8CNCC78)C6)OC(=O)C6OC65C5(C6CCCC(Cc7ccccc7)C6)C(O)C(=O)C6C1(C)OC21C4C(=O)OCC61C35)C1CCCCC1. The van der Waals surface area contributed by atoms with Crippen molar-refractivity contribution in [3.63, 3.8) is 0 Å². The highest BCUT2D eigenvalue weighted by Gasteiger charge is 2.98. The summed E-state index contributed by atoms with van der Waals surface area (Å²) in [6.45, 7) is 8.44. The molecule has 4 spiro atoms. The number of aliphatic hydroxyl groups excluding tert-OH is 3. The monoisotopic (exact) mass is 1150 g/mol. The predicted molar refractivity (Wildman–Crippen MR) is 310 cm³/mol. The number of nitrogens with zero attached hydrogens (tertiary/aromatic N) is 1. The minimum absolute atomic E-state index is 0.0489. The molecule has 2 aromatic rings. The maximum absolute atomic E-state index is 17.3. The van der Waals surface area contributed by atoms with Gasteiger partial charge in [0, 0.05) is 41.3 Å². The number of benzene rings is 1. The van der Waals surface area contributed by atoms with Crippen LogP contribution in [0.15, 0.2) is 71.0 Å². The summed E-state index contributed by atoms with van der Waals surface area (Å²) in [6.07, 6.45) is 24.2. The molecule has 0 radical (unpaired) electrons. The second-order valence-corrected chi connectivity index (χ2v) is 31.6. The molecule has 13 heteroatoms. The number of epoxide rings is 1. The van der Waals surface area contributed by atoms with E-state index in [1.807, 2.05) is 6.07 Å². The molecule has 5 bridgehead atoms. The smallest absolute Gasteiger partial charge is 0.339 e. The molecule has 5 saturated heterocycles. The van der Waals surface area contributed by atoms with Crippen molar-refractivity contribution in [2.75, 3.05) is 26.4 Å². The lowest BCUT2D eigenvalue weighted by Gasteiger charge is -2.72. The van der Waals surface area contributed by atoms with Crippen LogP contribution in [0.4, 0.5) is 0 Å². The summed E-state index contributed by atoms with van der Waals surface area (Å²) in [5, 5.41) is 41.0. The Kier molecular flexibility index (Phi) is 12.2. The van der Waals surface area contributed by atoms with Gasteiger partial charge >= 0.3 is 11.9 Å². The first-order chi connectivity index (χ1) is 40.7. The van der Waals surface area contributed by atoms with Crippen LogP contribution in [0.25, 0.3) is 0 Å². The quantitative estimate of drug-likeness (QED) is 0.0897. The van der Waals surface area contributed by atoms with Crippen LogP contribution in [-0.2, 0) is 46.2 Å². The van der Waals surface area contributed by atoms with Crippen molar-refractivity contribution in [1.29, 1.82) is 0 Å². The Balaban J connectivity index is 0.837. The van der Waals surface area contributed by atoms with Crippen molar-refractivity contribution in [3.05, 3.63) is 83.5 Å². The number of fused-ring (bicyclic) bond motifs is 5. The van der Waals surface area contributed by atoms with Gasteiger partial charge < -0.3 is 43.6 Å². The molecule has 8 aliphatic carbocycles. The molecule has 7 aliphatic heterocycles. The molecule has 25 unspecified atom stereocenters. The number of nitrogens with one attached hydrogen (secondary N) is 1. The standard InChI is InChI=1S/C71H92N2O11/c1-39(42-15-8-5-9-16-42)26-48-31-49-30-46-18-11-23-67(46)34-45-33-65(2)61(51-22-25-80-55(51)32-52(54(75)36-74)43-19-20-50-44(29-43)21-24-73-38-72-35-53(50)73)82-64(79)62-71(65,83-62)69(47-17-10-14-41(28-47)27-40-12-6-4-7-13-40)57(45)68-37-81-63(78)59(67)70(49,68)84-66(48,3)58(68)56(76)60(69)77/h4,6-7,12-13,21-22,24-25,31,39,41-48,50,52-54,57-62,72,74-75,77H,5,8-11,14-20,23,26-30,32-38H2,1-3H3. The zero-order chi connectivity index (χ0) is 57.1. The lowest BCUT2D eigenvalue weighted by molar-refractivity contribution is -0.300. The van der Waals surface area contributed by atoms with Crippen molar-refractivity contribution in [1.82, 2.24) is 10.2 Å². The third-order valence-electron chi connectivity index (χ3n) is 28.7. The molecule has 4 N–H and O–H groups in total. The zero-order valence-corrected chi connectivity index (χ0v) is 50.0. The van der Waals surface area contributed by atoms with E-state index < -0.39 is 86.6 Å². The van der Waals surface area contributed by atoms with Gasteiger partial charge in [-0.1, -0.05) is 108 Å². The maximum atomic E-state index is 17.3. The first-order valence-electron chi connectivity index (χ1n) is 33.9. The van der Waals surface area contributed by atoms with Crippen molar-refractivity contribution >= 4 is 17.7 Å². The average Bonchev–Trinajstić information content (AvgIpc) is 1.40. The number of esters is 2. The van der Waals surface area contributed by atoms with Crippen LogP contribution in [0, 0.1) is 105 Å². The van der Waals surface area contributed by atoms with Gasteiger partial charge in [-0.3, -0.25) is 14.9 Å². The van der Waals surface area contributed by atoms with Crippen molar-refractivity contribution in [2.45, 2.75) is 203 Å². The van der Waals surface area contributed by atoms with E-state index in [1.165, 1.54) is 43.2 Å².